The van der Waals surface area contributed by atoms with Gasteiger partial charge in [0.05, 0.1) is 13.1 Å². The molecule has 146 valence electrons. The van der Waals surface area contributed by atoms with Crippen LogP contribution in [0.4, 0.5) is 0 Å². The summed E-state index contributed by atoms with van der Waals surface area (Å²) in [5, 5.41) is 4.84. The summed E-state index contributed by atoms with van der Waals surface area (Å²) in [6.07, 6.45) is 4.59. The van der Waals surface area contributed by atoms with E-state index in [9.17, 15) is 0 Å². The van der Waals surface area contributed by atoms with Crippen molar-refractivity contribution in [3.8, 4) is 0 Å². The number of nitrogens with zero attached hydrogens (tertiary/aromatic N) is 3. The van der Waals surface area contributed by atoms with Gasteiger partial charge >= 0.3 is 0 Å². The third-order valence-electron chi connectivity index (χ3n) is 5.89. The zero-order valence-corrected chi connectivity index (χ0v) is 17.4. The molecular weight excluding hydrogens is 364 g/mol. The van der Waals surface area contributed by atoms with Crippen LogP contribution < -0.4 is 4.90 Å². The first-order valence-electron chi connectivity index (χ1n) is 10.2. The largest absolute Gasteiger partial charge is 0.316 e. The van der Waals surface area contributed by atoms with E-state index < -0.39 is 0 Å². The Bertz CT molecular complexity index is 938. The standard InChI is InChI=1S/C23H28N4S/c1-25-22(17-20-10-6-3-7-11-20)24-27(23(25)28)18-26-14-12-21(13-15-26)16-19-8-4-2-5-9-19/h2-11,21H,12-18H2,1H3/p+1. The van der Waals surface area contributed by atoms with Crippen molar-refractivity contribution in [2.24, 2.45) is 13.0 Å². The molecule has 5 heteroatoms. The van der Waals surface area contributed by atoms with Crippen LogP contribution in [0.25, 0.3) is 0 Å². The van der Waals surface area contributed by atoms with Gasteiger partial charge in [-0.25, -0.2) is 0 Å². The van der Waals surface area contributed by atoms with Gasteiger partial charge in [-0.15, -0.1) is 0 Å². The van der Waals surface area contributed by atoms with E-state index in [-0.39, 0.29) is 0 Å². The van der Waals surface area contributed by atoms with Crippen molar-refractivity contribution in [1.29, 1.82) is 0 Å². The molecule has 28 heavy (non-hydrogen) atoms. The number of hydrogen-bond acceptors (Lipinski definition) is 2. The van der Waals surface area contributed by atoms with Gasteiger partial charge in [0.25, 0.3) is 0 Å². The minimum atomic E-state index is 0.802. The monoisotopic (exact) mass is 393 g/mol. The van der Waals surface area contributed by atoms with E-state index in [4.69, 9.17) is 17.3 Å². The Morgan fingerprint density at radius 2 is 1.57 bits per heavy atom. The Balaban J connectivity index is 1.35. The molecule has 2 heterocycles. The van der Waals surface area contributed by atoms with Crippen molar-refractivity contribution in [1.82, 2.24) is 14.3 Å². The van der Waals surface area contributed by atoms with Crippen LogP contribution >= 0.6 is 12.2 Å². The number of likely N-dealkylation sites (tertiary alicyclic amines) is 1. The molecule has 1 aromatic heterocycles. The molecule has 0 atom stereocenters. The quantitative estimate of drug-likeness (QED) is 0.652. The highest BCUT2D eigenvalue weighted by molar-refractivity contribution is 7.71. The fraction of sp³-hybridized carbons (Fsp3) is 0.391. The third kappa shape index (κ3) is 4.59. The molecule has 0 bridgehead atoms. The van der Waals surface area contributed by atoms with Gasteiger partial charge in [0.1, 0.15) is 5.82 Å². The fourth-order valence-corrected chi connectivity index (χ4v) is 4.39. The second kappa shape index (κ2) is 8.84. The zero-order valence-electron chi connectivity index (χ0n) is 16.6. The van der Waals surface area contributed by atoms with Crippen LogP contribution in [0.1, 0.15) is 29.8 Å². The number of piperidine rings is 1. The predicted octanol–water partition coefficient (Wildman–Crippen LogP) is 3.04. The van der Waals surface area contributed by atoms with E-state index in [0.717, 1.165) is 29.6 Å². The number of quaternary nitrogens is 1. The van der Waals surface area contributed by atoms with Crippen LogP contribution in [-0.2, 0) is 26.6 Å². The molecule has 0 unspecified atom stereocenters. The first-order chi connectivity index (χ1) is 13.7. The number of nitrogens with one attached hydrogen (secondary N) is 1. The maximum atomic E-state index is 5.66. The smallest absolute Gasteiger partial charge is 0.202 e. The van der Waals surface area contributed by atoms with E-state index >= 15 is 0 Å². The van der Waals surface area contributed by atoms with Crippen molar-refractivity contribution < 1.29 is 4.90 Å². The molecule has 0 aliphatic carbocycles. The Hall–Kier alpha value is -2.24. The highest BCUT2D eigenvalue weighted by Gasteiger charge is 2.23. The molecule has 1 aliphatic heterocycles. The van der Waals surface area contributed by atoms with Crippen LogP contribution in [0.15, 0.2) is 60.7 Å². The lowest BCUT2D eigenvalue weighted by Gasteiger charge is -2.29. The molecule has 1 aliphatic rings. The summed E-state index contributed by atoms with van der Waals surface area (Å²) >= 11 is 5.66. The predicted molar refractivity (Wildman–Crippen MR) is 115 cm³/mol. The third-order valence-corrected chi connectivity index (χ3v) is 6.37. The first-order valence-corrected chi connectivity index (χ1v) is 10.6. The normalized spacial score (nSPS) is 19.6. The lowest BCUT2D eigenvalue weighted by atomic mass is 9.90. The number of aromatic nitrogens is 3. The van der Waals surface area contributed by atoms with Gasteiger partial charge < -0.3 is 9.47 Å². The minimum Gasteiger partial charge on any atom is -0.316 e. The second-order valence-electron chi connectivity index (χ2n) is 7.96. The van der Waals surface area contributed by atoms with Crippen LogP contribution in [0, 0.1) is 10.7 Å². The molecule has 3 aromatic rings. The Labute approximate surface area is 172 Å². The Morgan fingerprint density at radius 1 is 0.964 bits per heavy atom. The summed E-state index contributed by atoms with van der Waals surface area (Å²) in [4.78, 5) is 1.59. The zero-order chi connectivity index (χ0) is 19.3. The lowest BCUT2D eigenvalue weighted by Crippen LogP contribution is -3.12. The van der Waals surface area contributed by atoms with Crippen LogP contribution in [0.2, 0.25) is 0 Å². The van der Waals surface area contributed by atoms with E-state index in [1.54, 1.807) is 4.90 Å². The molecule has 1 N–H and O–H groups in total. The topological polar surface area (TPSA) is 27.2 Å². The highest BCUT2D eigenvalue weighted by atomic mass is 32.1. The molecule has 0 radical (unpaired) electrons. The van der Waals surface area contributed by atoms with Gasteiger partial charge in [0.15, 0.2) is 6.67 Å². The second-order valence-corrected chi connectivity index (χ2v) is 8.33. The van der Waals surface area contributed by atoms with Gasteiger partial charge in [-0.3, -0.25) is 0 Å². The SMILES string of the molecule is Cn1c(Cc2ccccc2)nn(C[NH+]2CCC(Cc3ccccc3)CC2)c1=S. The van der Waals surface area contributed by atoms with Gasteiger partial charge in [-0.05, 0) is 48.5 Å². The number of rotatable bonds is 6. The van der Waals surface area contributed by atoms with Crippen LogP contribution in [0.3, 0.4) is 0 Å². The molecule has 4 nitrogen and oxygen atoms in total. The van der Waals surface area contributed by atoms with Gasteiger partial charge in [0, 0.05) is 13.5 Å². The average Bonchev–Trinajstić information content (AvgIpc) is 2.99. The van der Waals surface area contributed by atoms with E-state index in [0.29, 0.717) is 0 Å². The molecule has 0 saturated carbocycles. The number of hydrogen-bond donors (Lipinski definition) is 1. The molecule has 0 spiro atoms. The van der Waals surface area contributed by atoms with Crippen LogP contribution in [0.5, 0.6) is 0 Å². The van der Waals surface area contributed by atoms with Gasteiger partial charge in [0.2, 0.25) is 4.77 Å². The highest BCUT2D eigenvalue weighted by Crippen LogP contribution is 2.16. The maximum Gasteiger partial charge on any atom is 0.202 e. The maximum absolute atomic E-state index is 5.66. The summed E-state index contributed by atoms with van der Waals surface area (Å²) in [5.41, 5.74) is 2.74. The van der Waals surface area contributed by atoms with Gasteiger partial charge in [-0.2, -0.15) is 9.78 Å². The van der Waals surface area contributed by atoms with Crippen molar-refractivity contribution in [3.63, 3.8) is 0 Å². The van der Waals surface area contributed by atoms with E-state index in [1.165, 1.54) is 43.5 Å². The summed E-state index contributed by atoms with van der Waals surface area (Å²) in [7, 11) is 2.03. The summed E-state index contributed by atoms with van der Waals surface area (Å²) in [6, 6.07) is 21.4. The van der Waals surface area contributed by atoms with Crippen molar-refractivity contribution in [2.75, 3.05) is 13.1 Å². The average molecular weight is 394 g/mol. The van der Waals surface area contributed by atoms with E-state index in [1.807, 2.05) is 17.8 Å². The van der Waals surface area contributed by atoms with Crippen LogP contribution in [-0.4, -0.2) is 27.4 Å². The molecule has 1 saturated heterocycles. The van der Waals surface area contributed by atoms with Crippen molar-refractivity contribution in [3.05, 3.63) is 82.4 Å². The minimum absolute atomic E-state index is 0.802. The van der Waals surface area contributed by atoms with Gasteiger partial charge in [-0.1, -0.05) is 60.7 Å². The lowest BCUT2D eigenvalue weighted by molar-refractivity contribution is -0.929. The molecular formula is C23H29N4S+. The fourth-order valence-electron chi connectivity index (χ4n) is 4.18. The molecule has 2 aromatic carbocycles. The summed E-state index contributed by atoms with van der Waals surface area (Å²) in [6.45, 7) is 3.27. The molecule has 4 rings (SSSR count). The Kier molecular flexibility index (Phi) is 6.03. The van der Waals surface area contributed by atoms with Crippen molar-refractivity contribution in [2.45, 2.75) is 32.4 Å². The molecule has 1 fully saturated rings. The number of benzene rings is 2. The van der Waals surface area contributed by atoms with Crippen molar-refractivity contribution >= 4 is 12.2 Å². The van der Waals surface area contributed by atoms with E-state index in [2.05, 4.69) is 59.2 Å². The Morgan fingerprint density at radius 3 is 2.21 bits per heavy atom. The summed E-state index contributed by atoms with van der Waals surface area (Å²) < 4.78 is 4.91. The molecule has 0 amide bonds. The summed E-state index contributed by atoms with van der Waals surface area (Å²) in [5.74, 6) is 1.84. The first kappa shape index (κ1) is 19.1.